The molecule has 2 aromatic heterocycles. The third-order valence-electron chi connectivity index (χ3n) is 5.86. The Labute approximate surface area is 191 Å². The number of nitriles is 1. The van der Waals surface area contributed by atoms with Crippen LogP contribution in [0.1, 0.15) is 28.1 Å². The summed E-state index contributed by atoms with van der Waals surface area (Å²) in [5.74, 6) is 0.585. The molecule has 32 heavy (non-hydrogen) atoms. The molecule has 2 heterocycles. The summed E-state index contributed by atoms with van der Waals surface area (Å²) >= 11 is 6.04. The van der Waals surface area contributed by atoms with Gasteiger partial charge in [0, 0.05) is 34.2 Å². The van der Waals surface area contributed by atoms with Crippen LogP contribution in [-0.2, 0) is 6.54 Å². The van der Waals surface area contributed by atoms with Gasteiger partial charge in [-0.05, 0) is 66.9 Å². The van der Waals surface area contributed by atoms with E-state index in [0.29, 0.717) is 11.4 Å². The summed E-state index contributed by atoms with van der Waals surface area (Å²) in [6, 6.07) is 22.6. The average molecular weight is 437 g/mol. The van der Waals surface area contributed by atoms with Crippen LogP contribution < -0.4 is 0 Å². The number of nitrogens with one attached hydrogen (secondary N) is 1. The summed E-state index contributed by atoms with van der Waals surface area (Å²) < 4.78 is 2.20. The lowest BCUT2D eigenvalue weighted by atomic mass is 10.1. The summed E-state index contributed by atoms with van der Waals surface area (Å²) in [4.78, 5) is 7.99. The lowest BCUT2D eigenvalue weighted by molar-refractivity contribution is 0.836. The van der Waals surface area contributed by atoms with Crippen molar-refractivity contribution in [1.82, 2.24) is 14.5 Å². The van der Waals surface area contributed by atoms with Gasteiger partial charge in [-0.2, -0.15) is 5.26 Å². The Bertz CT molecular complexity index is 1490. The fourth-order valence-corrected chi connectivity index (χ4v) is 4.14. The van der Waals surface area contributed by atoms with E-state index in [-0.39, 0.29) is 0 Å². The summed E-state index contributed by atoms with van der Waals surface area (Å²) in [5.41, 5.74) is 7.95. The molecule has 5 heteroatoms. The molecule has 0 spiro atoms. The fraction of sp³-hybridized carbons (Fsp3) is 0.111. The van der Waals surface area contributed by atoms with Crippen LogP contribution in [0.2, 0.25) is 5.02 Å². The normalized spacial score (nSPS) is 11.9. The molecule has 0 fully saturated rings. The molecule has 0 aliphatic carbocycles. The number of aromatic nitrogens is 3. The number of benzene rings is 3. The van der Waals surface area contributed by atoms with Crippen LogP contribution >= 0.6 is 11.6 Å². The van der Waals surface area contributed by atoms with Crippen LogP contribution in [0.3, 0.4) is 0 Å². The van der Waals surface area contributed by atoms with Crippen LogP contribution in [0, 0.1) is 25.2 Å². The molecule has 1 N–H and O–H groups in total. The van der Waals surface area contributed by atoms with Crippen molar-refractivity contribution < 1.29 is 0 Å². The van der Waals surface area contributed by atoms with Crippen molar-refractivity contribution in [3.63, 3.8) is 0 Å². The molecule has 3 aromatic carbocycles. The van der Waals surface area contributed by atoms with Gasteiger partial charge in [0.25, 0.3) is 0 Å². The van der Waals surface area contributed by atoms with E-state index >= 15 is 0 Å². The molecule has 0 bridgehead atoms. The number of aromatic amines is 1. The molecule has 0 amide bonds. The summed E-state index contributed by atoms with van der Waals surface area (Å²) in [6.45, 7) is 4.86. The van der Waals surface area contributed by atoms with Crippen molar-refractivity contribution in [1.29, 1.82) is 5.26 Å². The second-order valence-electron chi connectivity index (χ2n) is 8.06. The zero-order chi connectivity index (χ0) is 22.2. The van der Waals surface area contributed by atoms with Gasteiger partial charge < -0.3 is 9.55 Å². The van der Waals surface area contributed by atoms with Crippen molar-refractivity contribution in [2.24, 2.45) is 0 Å². The van der Waals surface area contributed by atoms with Crippen molar-refractivity contribution in [3.05, 3.63) is 100.0 Å². The van der Waals surface area contributed by atoms with E-state index in [1.807, 2.05) is 42.5 Å². The van der Waals surface area contributed by atoms with E-state index < -0.39 is 0 Å². The number of halogens is 1. The zero-order valence-corrected chi connectivity index (χ0v) is 18.6. The molecule has 0 saturated heterocycles. The highest BCUT2D eigenvalue weighted by molar-refractivity contribution is 6.30. The molecule has 4 nitrogen and oxygen atoms in total. The van der Waals surface area contributed by atoms with Crippen LogP contribution in [0.5, 0.6) is 0 Å². The second kappa shape index (κ2) is 8.03. The largest absolute Gasteiger partial charge is 0.342 e. The van der Waals surface area contributed by atoms with Gasteiger partial charge in [0.1, 0.15) is 11.9 Å². The Kier molecular flexibility index (Phi) is 5.05. The molecular weight excluding hydrogens is 416 g/mol. The molecule has 156 valence electrons. The number of imidazole rings is 1. The van der Waals surface area contributed by atoms with E-state index in [2.05, 4.69) is 64.9 Å². The number of hydrogen-bond acceptors (Lipinski definition) is 2. The summed E-state index contributed by atoms with van der Waals surface area (Å²) in [5, 5.41) is 11.7. The first kappa shape index (κ1) is 20.1. The lowest BCUT2D eigenvalue weighted by Gasteiger charge is -2.05. The molecule has 5 aromatic rings. The minimum Gasteiger partial charge on any atom is -0.342 e. The second-order valence-corrected chi connectivity index (χ2v) is 8.50. The molecule has 0 unspecified atom stereocenters. The number of hydrogen-bond donors (Lipinski definition) is 1. The number of fused-ring (bicyclic) bond motifs is 2. The maximum Gasteiger partial charge on any atom is 0.149 e. The standard InChI is InChI=1S/C27H21ClN4/c1-17-11-24-25(12-18(17)2)31-27(30-24)20(14-29)13-21-16-32(26-6-4-3-5-23(21)26)15-19-7-9-22(28)10-8-19/h3-13,16H,15H2,1-2H3,(H,30,31)/b20-13-. The predicted octanol–water partition coefficient (Wildman–Crippen LogP) is 6.90. The number of para-hydroxylation sites is 1. The van der Waals surface area contributed by atoms with Gasteiger partial charge in [0.05, 0.1) is 16.6 Å². The molecule has 0 aliphatic heterocycles. The van der Waals surface area contributed by atoms with Crippen LogP contribution in [-0.4, -0.2) is 14.5 Å². The minimum absolute atomic E-state index is 0.505. The monoisotopic (exact) mass is 436 g/mol. The first-order valence-electron chi connectivity index (χ1n) is 10.4. The highest BCUT2D eigenvalue weighted by Crippen LogP contribution is 2.27. The van der Waals surface area contributed by atoms with Gasteiger partial charge in [-0.3, -0.25) is 0 Å². The van der Waals surface area contributed by atoms with E-state index in [1.54, 1.807) is 0 Å². The topological polar surface area (TPSA) is 57.4 Å². The van der Waals surface area contributed by atoms with E-state index in [0.717, 1.165) is 44.6 Å². The molecule has 0 aliphatic rings. The van der Waals surface area contributed by atoms with E-state index in [4.69, 9.17) is 11.6 Å². The SMILES string of the molecule is Cc1cc2nc(/C(C#N)=C\c3cn(Cc4ccc(Cl)cc4)c4ccccc34)[nH]c2cc1C. The number of aryl methyl sites for hydroxylation is 2. The first-order chi connectivity index (χ1) is 15.5. The third kappa shape index (κ3) is 3.68. The molecule has 0 saturated carbocycles. The summed E-state index contributed by atoms with van der Waals surface area (Å²) in [7, 11) is 0. The number of nitrogens with zero attached hydrogens (tertiary/aromatic N) is 3. The Morgan fingerprint density at radius 1 is 1.09 bits per heavy atom. The van der Waals surface area contributed by atoms with Gasteiger partial charge in [0.15, 0.2) is 0 Å². The lowest BCUT2D eigenvalue weighted by Crippen LogP contribution is -1.97. The summed E-state index contributed by atoms with van der Waals surface area (Å²) in [6.07, 6.45) is 4.01. The van der Waals surface area contributed by atoms with Gasteiger partial charge in [0.2, 0.25) is 0 Å². The van der Waals surface area contributed by atoms with Crippen molar-refractivity contribution in [2.75, 3.05) is 0 Å². The Balaban J connectivity index is 1.59. The van der Waals surface area contributed by atoms with Crippen LogP contribution in [0.25, 0.3) is 33.6 Å². The average Bonchev–Trinajstić information content (AvgIpc) is 3.35. The third-order valence-corrected chi connectivity index (χ3v) is 6.11. The molecular formula is C27H21ClN4. The van der Waals surface area contributed by atoms with Crippen LogP contribution in [0.15, 0.2) is 66.9 Å². The maximum atomic E-state index is 9.92. The van der Waals surface area contributed by atoms with Crippen LogP contribution in [0.4, 0.5) is 0 Å². The number of rotatable bonds is 4. The fourth-order valence-electron chi connectivity index (χ4n) is 4.01. The quantitative estimate of drug-likeness (QED) is 0.311. The Morgan fingerprint density at radius 3 is 2.62 bits per heavy atom. The molecule has 0 radical (unpaired) electrons. The van der Waals surface area contributed by atoms with Gasteiger partial charge >= 0.3 is 0 Å². The number of H-pyrrole nitrogens is 1. The van der Waals surface area contributed by atoms with Crippen molar-refractivity contribution >= 4 is 45.2 Å². The maximum absolute atomic E-state index is 9.92. The van der Waals surface area contributed by atoms with E-state index in [9.17, 15) is 5.26 Å². The van der Waals surface area contributed by atoms with E-state index in [1.165, 1.54) is 11.1 Å². The predicted molar refractivity (Wildman–Crippen MR) is 132 cm³/mol. The number of allylic oxidation sites excluding steroid dienone is 1. The molecule has 0 atom stereocenters. The van der Waals surface area contributed by atoms with Gasteiger partial charge in [-0.1, -0.05) is 41.9 Å². The van der Waals surface area contributed by atoms with Crippen molar-refractivity contribution in [2.45, 2.75) is 20.4 Å². The minimum atomic E-state index is 0.505. The highest BCUT2D eigenvalue weighted by Gasteiger charge is 2.12. The molecule has 5 rings (SSSR count). The zero-order valence-electron chi connectivity index (χ0n) is 17.9. The smallest absolute Gasteiger partial charge is 0.149 e. The van der Waals surface area contributed by atoms with Crippen molar-refractivity contribution in [3.8, 4) is 6.07 Å². The first-order valence-corrected chi connectivity index (χ1v) is 10.8. The van der Waals surface area contributed by atoms with Gasteiger partial charge in [-0.25, -0.2) is 4.98 Å². The Morgan fingerprint density at radius 2 is 1.84 bits per heavy atom. The van der Waals surface area contributed by atoms with Gasteiger partial charge in [-0.15, -0.1) is 0 Å². The highest BCUT2D eigenvalue weighted by atomic mass is 35.5. The Hall–Kier alpha value is -3.81.